The van der Waals surface area contributed by atoms with Gasteiger partial charge in [-0.25, -0.2) is 13.1 Å². The summed E-state index contributed by atoms with van der Waals surface area (Å²) in [6, 6.07) is 6.50. The van der Waals surface area contributed by atoms with Gasteiger partial charge in [0.15, 0.2) is 6.29 Å². The molecule has 0 saturated carbocycles. The molecular formula is C17H24N2O7S. The van der Waals surface area contributed by atoms with E-state index in [-0.39, 0.29) is 24.7 Å². The number of sulfonamides is 1. The van der Waals surface area contributed by atoms with Crippen LogP contribution >= 0.6 is 0 Å². The molecule has 0 aliphatic carbocycles. The van der Waals surface area contributed by atoms with Gasteiger partial charge in [-0.1, -0.05) is 0 Å². The van der Waals surface area contributed by atoms with Crippen molar-refractivity contribution < 1.29 is 32.2 Å². The summed E-state index contributed by atoms with van der Waals surface area (Å²) in [5.74, 6) is -1.25. The maximum absolute atomic E-state index is 12.2. The molecule has 150 valence electrons. The smallest absolute Gasteiger partial charge is 0.251 e. The van der Waals surface area contributed by atoms with Crippen molar-refractivity contribution >= 4 is 15.9 Å². The monoisotopic (exact) mass is 400 g/mol. The highest BCUT2D eigenvalue weighted by atomic mass is 32.2. The van der Waals surface area contributed by atoms with Gasteiger partial charge in [0.05, 0.1) is 19.4 Å². The molecule has 9 nitrogen and oxygen atoms in total. The molecular weight excluding hydrogens is 376 g/mol. The number of methoxy groups -OCH3 is 3. The second-order valence-corrected chi connectivity index (χ2v) is 7.65. The van der Waals surface area contributed by atoms with Crippen molar-refractivity contribution in [1.82, 2.24) is 10.0 Å². The van der Waals surface area contributed by atoms with Gasteiger partial charge in [0.1, 0.15) is 5.75 Å². The molecule has 1 aromatic carbocycles. The lowest BCUT2D eigenvalue weighted by Crippen LogP contribution is -2.46. The van der Waals surface area contributed by atoms with Crippen LogP contribution in [0.25, 0.3) is 0 Å². The summed E-state index contributed by atoms with van der Waals surface area (Å²) in [4.78, 5) is 12.0. The average Bonchev–Trinajstić information content (AvgIpc) is 3.11. The zero-order valence-corrected chi connectivity index (χ0v) is 16.2. The summed E-state index contributed by atoms with van der Waals surface area (Å²) >= 11 is 0. The maximum Gasteiger partial charge on any atom is 0.251 e. The minimum Gasteiger partial charge on any atom is -0.497 e. The van der Waals surface area contributed by atoms with Crippen LogP contribution in [0, 0.1) is 0 Å². The van der Waals surface area contributed by atoms with E-state index < -0.39 is 22.1 Å². The van der Waals surface area contributed by atoms with E-state index in [9.17, 15) is 13.2 Å². The van der Waals surface area contributed by atoms with Crippen molar-refractivity contribution in [3.8, 4) is 5.75 Å². The van der Waals surface area contributed by atoms with Crippen LogP contribution in [-0.4, -0.2) is 66.6 Å². The molecule has 10 heteroatoms. The Morgan fingerprint density at radius 2 is 1.93 bits per heavy atom. The molecule has 0 saturated heterocycles. The quantitative estimate of drug-likeness (QED) is 0.541. The third-order valence-corrected chi connectivity index (χ3v) is 5.27. The van der Waals surface area contributed by atoms with Crippen LogP contribution in [-0.2, 0) is 24.2 Å². The second kappa shape index (κ2) is 9.29. The molecule has 2 atom stereocenters. The van der Waals surface area contributed by atoms with E-state index in [4.69, 9.17) is 18.9 Å². The van der Waals surface area contributed by atoms with Crippen molar-refractivity contribution in [2.45, 2.75) is 12.1 Å². The first-order valence-electron chi connectivity index (χ1n) is 8.18. The summed E-state index contributed by atoms with van der Waals surface area (Å²) in [5.41, 5.74) is 0.412. The molecule has 0 unspecified atom stereocenters. The number of hydrogen-bond donors (Lipinski definition) is 2. The maximum atomic E-state index is 12.2. The summed E-state index contributed by atoms with van der Waals surface area (Å²) in [5, 5.41) is 2.56. The Balaban J connectivity index is 1.80. The first-order chi connectivity index (χ1) is 12.8. The number of nitrogens with one attached hydrogen (secondary N) is 2. The van der Waals surface area contributed by atoms with E-state index in [0.717, 1.165) is 0 Å². The minimum atomic E-state index is -3.65. The molecule has 1 aliphatic rings. The fourth-order valence-corrected chi connectivity index (χ4v) is 3.28. The number of amides is 1. The van der Waals surface area contributed by atoms with E-state index in [1.54, 1.807) is 36.4 Å². The number of ether oxygens (including phenoxy) is 4. The zero-order chi connectivity index (χ0) is 19.9. The Kier molecular flexibility index (Phi) is 7.33. The van der Waals surface area contributed by atoms with Gasteiger partial charge in [-0.2, -0.15) is 0 Å². The minimum absolute atomic E-state index is 0.0441. The SMILES string of the molecule is COc1ccc(C(=O)NCCS(=O)(=O)NC[C@]2(OC)C=C[C@@H](OC)O2)cc1. The number of rotatable bonds is 10. The van der Waals surface area contributed by atoms with Crippen LogP contribution in [0.5, 0.6) is 5.75 Å². The molecule has 27 heavy (non-hydrogen) atoms. The van der Waals surface area contributed by atoms with Gasteiger partial charge < -0.3 is 24.3 Å². The van der Waals surface area contributed by atoms with E-state index in [2.05, 4.69) is 10.0 Å². The second-order valence-electron chi connectivity index (χ2n) is 5.72. The van der Waals surface area contributed by atoms with E-state index >= 15 is 0 Å². The van der Waals surface area contributed by atoms with E-state index in [1.807, 2.05) is 0 Å². The van der Waals surface area contributed by atoms with Crippen LogP contribution in [0.15, 0.2) is 36.4 Å². The highest BCUT2D eigenvalue weighted by molar-refractivity contribution is 7.89. The topological polar surface area (TPSA) is 112 Å². The molecule has 1 aromatic rings. The van der Waals surface area contributed by atoms with E-state index in [0.29, 0.717) is 11.3 Å². The number of carbonyl (C=O) groups excluding carboxylic acids is 1. The Labute approximate surface area is 158 Å². The largest absolute Gasteiger partial charge is 0.497 e. The predicted molar refractivity (Wildman–Crippen MR) is 97.9 cm³/mol. The van der Waals surface area contributed by atoms with Crippen molar-refractivity contribution in [2.24, 2.45) is 0 Å². The van der Waals surface area contributed by atoms with Gasteiger partial charge in [0.25, 0.3) is 5.91 Å². The Hall–Kier alpha value is -1.98. The van der Waals surface area contributed by atoms with Crippen LogP contribution < -0.4 is 14.8 Å². The average molecular weight is 400 g/mol. The third-order valence-electron chi connectivity index (χ3n) is 3.95. The van der Waals surface area contributed by atoms with Gasteiger partial charge >= 0.3 is 0 Å². The van der Waals surface area contributed by atoms with Crippen molar-refractivity contribution in [1.29, 1.82) is 0 Å². The zero-order valence-electron chi connectivity index (χ0n) is 15.4. The summed E-state index contributed by atoms with van der Waals surface area (Å²) in [6.45, 7) is -0.161. The molecule has 0 bridgehead atoms. The fourth-order valence-electron chi connectivity index (χ4n) is 2.34. The van der Waals surface area contributed by atoms with Gasteiger partial charge in [0, 0.05) is 26.3 Å². The molecule has 0 radical (unpaired) electrons. The fraction of sp³-hybridized carbons (Fsp3) is 0.471. The van der Waals surface area contributed by atoms with Crippen molar-refractivity contribution in [3.63, 3.8) is 0 Å². The number of carbonyl (C=O) groups is 1. The number of hydrogen-bond acceptors (Lipinski definition) is 7. The molecule has 1 aliphatic heterocycles. The van der Waals surface area contributed by atoms with Crippen LogP contribution in [0.2, 0.25) is 0 Å². The third kappa shape index (κ3) is 6.01. The lowest BCUT2D eigenvalue weighted by molar-refractivity contribution is -0.237. The highest BCUT2D eigenvalue weighted by Gasteiger charge is 2.36. The van der Waals surface area contributed by atoms with Crippen LogP contribution in [0.3, 0.4) is 0 Å². The van der Waals surface area contributed by atoms with Gasteiger partial charge in [-0.15, -0.1) is 0 Å². The first-order valence-corrected chi connectivity index (χ1v) is 9.83. The van der Waals surface area contributed by atoms with Crippen molar-refractivity contribution in [2.75, 3.05) is 40.2 Å². The van der Waals surface area contributed by atoms with Gasteiger partial charge in [0.2, 0.25) is 15.8 Å². The standard InChI is InChI=1S/C17H24N2O7S/c1-23-14-6-4-13(5-7-14)16(20)18-10-11-27(21,22)19-12-17(25-3)9-8-15(24-2)26-17/h4-9,15,19H,10-12H2,1-3H3,(H,18,20)/t15-,17-/m0/s1. The Morgan fingerprint density at radius 3 is 2.48 bits per heavy atom. The summed E-state index contributed by atoms with van der Waals surface area (Å²) < 4.78 is 47.5. The summed E-state index contributed by atoms with van der Waals surface area (Å²) in [6.07, 6.45) is 2.63. The van der Waals surface area contributed by atoms with Gasteiger partial charge in [-0.3, -0.25) is 4.79 Å². The van der Waals surface area contributed by atoms with Gasteiger partial charge in [-0.05, 0) is 36.4 Å². The first kappa shape index (κ1) is 21.3. The molecule has 2 N–H and O–H groups in total. The highest BCUT2D eigenvalue weighted by Crippen LogP contribution is 2.24. The molecule has 0 fully saturated rings. The van der Waals surface area contributed by atoms with E-state index in [1.165, 1.54) is 21.3 Å². The van der Waals surface area contributed by atoms with Crippen molar-refractivity contribution in [3.05, 3.63) is 42.0 Å². The predicted octanol–water partition coefficient (Wildman–Crippen LogP) is 0.246. The lowest BCUT2D eigenvalue weighted by Gasteiger charge is -2.27. The van der Waals surface area contributed by atoms with Crippen LogP contribution in [0.4, 0.5) is 0 Å². The lowest BCUT2D eigenvalue weighted by atomic mass is 10.2. The Bertz CT molecular complexity index is 764. The summed E-state index contributed by atoms with van der Waals surface area (Å²) in [7, 11) is 0.758. The Morgan fingerprint density at radius 1 is 1.22 bits per heavy atom. The molecule has 2 rings (SSSR count). The number of benzene rings is 1. The molecule has 1 heterocycles. The molecule has 1 amide bonds. The molecule has 0 spiro atoms. The van der Waals surface area contributed by atoms with Crippen LogP contribution in [0.1, 0.15) is 10.4 Å². The molecule has 0 aromatic heterocycles. The normalized spacial score (nSPS) is 22.0.